The van der Waals surface area contributed by atoms with Gasteiger partial charge in [-0.3, -0.25) is 4.79 Å². The molecule has 0 saturated heterocycles. The first-order valence-electron chi connectivity index (χ1n) is 7.20. The van der Waals surface area contributed by atoms with E-state index >= 15 is 0 Å². The smallest absolute Gasteiger partial charge is 0.176 e. The molecule has 0 radical (unpaired) electrons. The Kier molecular flexibility index (Phi) is 3.67. The van der Waals surface area contributed by atoms with Crippen LogP contribution in [-0.4, -0.2) is 38.3 Å². The zero-order valence-corrected chi connectivity index (χ0v) is 13.4. The number of hydrogen-bond acceptors (Lipinski definition) is 6. The van der Waals surface area contributed by atoms with Crippen molar-refractivity contribution in [3.8, 4) is 28.7 Å². The van der Waals surface area contributed by atoms with E-state index in [2.05, 4.69) is 0 Å². The molecule has 0 bridgehead atoms. The summed E-state index contributed by atoms with van der Waals surface area (Å²) in [5.41, 5.74) is 0.135. The van der Waals surface area contributed by atoms with Crippen molar-refractivity contribution in [1.29, 1.82) is 0 Å². The van der Waals surface area contributed by atoms with Gasteiger partial charge in [-0.05, 0) is 13.0 Å². The molecule has 6 heteroatoms. The quantitative estimate of drug-likeness (QED) is 0.938. The lowest BCUT2D eigenvalue weighted by Gasteiger charge is -2.26. The van der Waals surface area contributed by atoms with Gasteiger partial charge in [-0.1, -0.05) is 0 Å². The topological polar surface area (TPSA) is 74.2 Å². The molecule has 23 heavy (non-hydrogen) atoms. The summed E-state index contributed by atoms with van der Waals surface area (Å²) in [5.74, 6) is 1.23. The maximum atomic E-state index is 12.4. The Morgan fingerprint density at radius 3 is 2.52 bits per heavy atom. The van der Waals surface area contributed by atoms with Crippen molar-refractivity contribution >= 4 is 16.6 Å². The molecule has 122 valence electrons. The molecule has 0 aliphatic carbocycles. The molecule has 3 rings (SSSR count). The van der Waals surface area contributed by atoms with Gasteiger partial charge in [0.1, 0.15) is 28.9 Å². The SMILES string of the molecule is COc1cc(OC)c2c(O)c3c(c(OC)c2c1)O[C@@H](C)CC3=O. The fourth-order valence-electron chi connectivity index (χ4n) is 2.94. The Morgan fingerprint density at radius 2 is 1.91 bits per heavy atom. The van der Waals surface area contributed by atoms with Crippen LogP contribution in [-0.2, 0) is 0 Å². The Morgan fingerprint density at radius 1 is 1.17 bits per heavy atom. The number of phenolic OH excluding ortho intramolecular Hbond substituents is 1. The number of methoxy groups -OCH3 is 3. The van der Waals surface area contributed by atoms with Gasteiger partial charge in [0.2, 0.25) is 0 Å². The van der Waals surface area contributed by atoms with Gasteiger partial charge >= 0.3 is 0 Å². The van der Waals surface area contributed by atoms with Gasteiger partial charge < -0.3 is 24.1 Å². The summed E-state index contributed by atoms with van der Waals surface area (Å²) in [6, 6.07) is 3.36. The van der Waals surface area contributed by atoms with Gasteiger partial charge in [0.25, 0.3) is 0 Å². The van der Waals surface area contributed by atoms with Crippen LogP contribution in [0, 0.1) is 0 Å². The molecule has 0 aromatic heterocycles. The molecule has 1 N–H and O–H groups in total. The van der Waals surface area contributed by atoms with Gasteiger partial charge in [0.05, 0.1) is 26.7 Å². The maximum absolute atomic E-state index is 12.4. The molecular weight excluding hydrogens is 300 g/mol. The number of fused-ring (bicyclic) bond motifs is 2. The van der Waals surface area contributed by atoms with E-state index < -0.39 is 0 Å². The van der Waals surface area contributed by atoms with Crippen LogP contribution in [0.2, 0.25) is 0 Å². The number of ketones is 1. The number of carbonyl (C=O) groups excluding carboxylic acids is 1. The third kappa shape index (κ3) is 2.21. The highest BCUT2D eigenvalue weighted by Gasteiger charge is 2.33. The molecule has 0 saturated carbocycles. The average Bonchev–Trinajstić information content (AvgIpc) is 2.53. The van der Waals surface area contributed by atoms with E-state index in [0.29, 0.717) is 28.0 Å². The van der Waals surface area contributed by atoms with Crippen LogP contribution in [0.5, 0.6) is 28.7 Å². The number of carbonyl (C=O) groups is 1. The van der Waals surface area contributed by atoms with E-state index in [0.717, 1.165) is 0 Å². The summed E-state index contributed by atoms with van der Waals surface area (Å²) in [7, 11) is 4.51. The van der Waals surface area contributed by atoms with Crippen LogP contribution in [0.4, 0.5) is 0 Å². The molecular formula is C17H18O6. The standard InChI is InChI=1S/C17H18O6/c1-8-5-11(18)14-15(19)13-10(16(22-4)17(14)23-8)6-9(20-2)7-12(13)21-3/h6-8,19H,5H2,1-4H3/t8-/m0/s1. The predicted octanol–water partition coefficient (Wildman–Crippen LogP) is 2.92. The summed E-state index contributed by atoms with van der Waals surface area (Å²) in [6.07, 6.45) is -0.0820. The molecule has 1 heterocycles. The minimum absolute atomic E-state index is 0.135. The first-order valence-corrected chi connectivity index (χ1v) is 7.20. The second kappa shape index (κ2) is 5.53. The molecule has 0 unspecified atom stereocenters. The van der Waals surface area contributed by atoms with Crippen molar-refractivity contribution in [2.24, 2.45) is 0 Å². The van der Waals surface area contributed by atoms with E-state index in [-0.39, 0.29) is 35.4 Å². The number of ether oxygens (including phenoxy) is 4. The van der Waals surface area contributed by atoms with Crippen LogP contribution in [0.3, 0.4) is 0 Å². The van der Waals surface area contributed by atoms with Crippen LogP contribution in [0.25, 0.3) is 10.8 Å². The monoisotopic (exact) mass is 318 g/mol. The zero-order valence-electron chi connectivity index (χ0n) is 13.4. The molecule has 2 aromatic rings. The Bertz CT molecular complexity index is 796. The van der Waals surface area contributed by atoms with Crippen molar-refractivity contribution in [3.05, 3.63) is 17.7 Å². The highest BCUT2D eigenvalue weighted by Crippen LogP contribution is 2.51. The molecule has 1 aliphatic rings. The molecule has 2 aromatic carbocycles. The summed E-state index contributed by atoms with van der Waals surface area (Å²) in [4.78, 5) is 12.4. The first-order chi connectivity index (χ1) is 11.0. The average molecular weight is 318 g/mol. The fourth-order valence-corrected chi connectivity index (χ4v) is 2.94. The van der Waals surface area contributed by atoms with Gasteiger partial charge in [0, 0.05) is 17.9 Å². The summed E-state index contributed by atoms with van der Waals surface area (Å²) in [6.45, 7) is 1.80. The maximum Gasteiger partial charge on any atom is 0.176 e. The van der Waals surface area contributed by atoms with Gasteiger partial charge in [-0.15, -0.1) is 0 Å². The summed E-state index contributed by atoms with van der Waals surface area (Å²) >= 11 is 0. The summed E-state index contributed by atoms with van der Waals surface area (Å²) in [5, 5.41) is 11.6. The molecule has 6 nitrogen and oxygen atoms in total. The van der Waals surface area contributed by atoms with Crippen molar-refractivity contribution in [1.82, 2.24) is 0 Å². The molecule has 1 atom stereocenters. The van der Waals surface area contributed by atoms with E-state index in [9.17, 15) is 9.90 Å². The number of hydrogen-bond donors (Lipinski definition) is 1. The Hall–Kier alpha value is -2.63. The van der Waals surface area contributed by atoms with Crippen molar-refractivity contribution in [2.45, 2.75) is 19.4 Å². The van der Waals surface area contributed by atoms with Crippen LogP contribution >= 0.6 is 0 Å². The van der Waals surface area contributed by atoms with E-state index in [1.165, 1.54) is 21.3 Å². The fraction of sp³-hybridized carbons (Fsp3) is 0.353. The van der Waals surface area contributed by atoms with Gasteiger partial charge in [-0.2, -0.15) is 0 Å². The molecule has 0 spiro atoms. The van der Waals surface area contributed by atoms with Crippen LogP contribution in [0.1, 0.15) is 23.7 Å². The number of phenols is 1. The highest BCUT2D eigenvalue weighted by molar-refractivity contribution is 6.12. The molecule has 0 amide bonds. The van der Waals surface area contributed by atoms with Gasteiger partial charge in [-0.25, -0.2) is 0 Å². The largest absolute Gasteiger partial charge is 0.506 e. The normalized spacial score (nSPS) is 16.7. The van der Waals surface area contributed by atoms with Crippen molar-refractivity contribution in [2.75, 3.05) is 21.3 Å². The van der Waals surface area contributed by atoms with Crippen molar-refractivity contribution < 1.29 is 28.8 Å². The molecule has 1 aliphatic heterocycles. The van der Waals surface area contributed by atoms with Crippen LogP contribution < -0.4 is 18.9 Å². The third-order valence-electron chi connectivity index (χ3n) is 3.96. The van der Waals surface area contributed by atoms with Gasteiger partial charge in [0.15, 0.2) is 17.3 Å². The van der Waals surface area contributed by atoms with E-state index in [1.54, 1.807) is 19.1 Å². The number of rotatable bonds is 3. The van der Waals surface area contributed by atoms with E-state index in [4.69, 9.17) is 18.9 Å². The number of Topliss-reactive ketones (excluding diaryl/α,β-unsaturated/α-hetero) is 1. The third-order valence-corrected chi connectivity index (χ3v) is 3.96. The lowest BCUT2D eigenvalue weighted by molar-refractivity contribution is 0.0861. The molecule has 0 fully saturated rings. The Labute approximate surface area is 133 Å². The first kappa shape index (κ1) is 15.3. The minimum atomic E-state index is -0.284. The lowest BCUT2D eigenvalue weighted by Crippen LogP contribution is -2.24. The summed E-state index contributed by atoms with van der Waals surface area (Å²) < 4.78 is 21.9. The number of benzene rings is 2. The predicted molar refractivity (Wildman–Crippen MR) is 84.3 cm³/mol. The second-order valence-corrected chi connectivity index (χ2v) is 5.39. The van der Waals surface area contributed by atoms with E-state index in [1.807, 2.05) is 0 Å². The van der Waals surface area contributed by atoms with Crippen molar-refractivity contribution in [3.63, 3.8) is 0 Å². The van der Waals surface area contributed by atoms with Crippen LogP contribution in [0.15, 0.2) is 12.1 Å². The highest BCUT2D eigenvalue weighted by atomic mass is 16.5. The second-order valence-electron chi connectivity index (χ2n) is 5.39. The lowest BCUT2D eigenvalue weighted by atomic mass is 9.94. The zero-order chi connectivity index (χ0) is 16.7. The Balaban J connectivity index is 2.48. The number of aromatic hydroxyl groups is 1. The minimum Gasteiger partial charge on any atom is -0.506 e.